The van der Waals surface area contributed by atoms with E-state index in [-0.39, 0.29) is 12.2 Å². The molecule has 1 aromatic carbocycles. The zero-order chi connectivity index (χ0) is 23.5. The van der Waals surface area contributed by atoms with E-state index in [9.17, 15) is 23.1 Å². The lowest BCUT2D eigenvalue weighted by molar-refractivity contribution is -0.272. The average Bonchev–Trinajstić information content (AvgIpc) is 3.31. The van der Waals surface area contributed by atoms with Crippen LogP contribution in [-0.2, 0) is 19.3 Å². The molecule has 11 heteroatoms. The monoisotopic (exact) mass is 452 g/mol. The summed E-state index contributed by atoms with van der Waals surface area (Å²) in [6.07, 6.45) is -3.28. The number of nitrogens with zero attached hydrogens (tertiary/aromatic N) is 3. The highest BCUT2D eigenvalue weighted by Gasteiger charge is 2.57. The Balaban J connectivity index is 1.58. The molecule has 0 aliphatic rings. The first-order valence-electron chi connectivity index (χ1n) is 9.72. The standard InChI is InChI=1S/C21H23F3N4O4/c1-13-17(14(2)32-27-13)12-31-16-6-4-15(5-7-16)18(29)25-9-8-20(30,21(22,23)24)19-26-10-11-28(19)3/h4-7,10-11,30H,8-9,12H2,1-3H3,(H,25,29). The smallest absolute Gasteiger partial charge is 0.424 e. The molecule has 172 valence electrons. The first kappa shape index (κ1) is 23.3. The number of carbonyl (C=O) groups excluding carboxylic acids is 1. The van der Waals surface area contributed by atoms with Crippen molar-refractivity contribution in [2.75, 3.05) is 6.54 Å². The number of hydrogen-bond acceptors (Lipinski definition) is 6. The van der Waals surface area contributed by atoms with Crippen molar-refractivity contribution in [3.8, 4) is 5.75 Å². The summed E-state index contributed by atoms with van der Waals surface area (Å²) >= 11 is 0. The molecule has 3 rings (SSSR count). The van der Waals surface area contributed by atoms with Crippen molar-refractivity contribution in [3.63, 3.8) is 0 Å². The van der Waals surface area contributed by atoms with Crippen LogP contribution >= 0.6 is 0 Å². The molecule has 0 bridgehead atoms. The number of benzene rings is 1. The van der Waals surface area contributed by atoms with Gasteiger partial charge in [0.05, 0.1) is 11.3 Å². The van der Waals surface area contributed by atoms with Crippen molar-refractivity contribution in [1.29, 1.82) is 0 Å². The lowest BCUT2D eigenvalue weighted by Crippen LogP contribution is -2.46. The van der Waals surface area contributed by atoms with Crippen molar-refractivity contribution in [2.24, 2.45) is 7.05 Å². The van der Waals surface area contributed by atoms with Crippen LogP contribution in [0.1, 0.15) is 39.6 Å². The molecule has 32 heavy (non-hydrogen) atoms. The highest BCUT2D eigenvalue weighted by atomic mass is 19.4. The second-order valence-corrected chi connectivity index (χ2v) is 7.34. The van der Waals surface area contributed by atoms with Crippen molar-refractivity contribution in [2.45, 2.75) is 38.7 Å². The minimum Gasteiger partial charge on any atom is -0.489 e. The highest BCUT2D eigenvalue weighted by molar-refractivity contribution is 5.94. The number of aromatic nitrogens is 3. The van der Waals surface area contributed by atoms with Gasteiger partial charge < -0.3 is 24.3 Å². The first-order valence-corrected chi connectivity index (χ1v) is 9.72. The summed E-state index contributed by atoms with van der Waals surface area (Å²) in [6.45, 7) is 3.41. The van der Waals surface area contributed by atoms with Crippen molar-refractivity contribution in [1.82, 2.24) is 20.0 Å². The number of ether oxygens (including phenoxy) is 1. The minimum atomic E-state index is -4.96. The zero-order valence-electron chi connectivity index (χ0n) is 17.7. The van der Waals surface area contributed by atoms with E-state index >= 15 is 0 Å². The molecule has 0 aliphatic carbocycles. The molecule has 2 aromatic heterocycles. The molecule has 0 radical (unpaired) electrons. The first-order chi connectivity index (χ1) is 15.0. The molecular formula is C21H23F3N4O4. The van der Waals surface area contributed by atoms with Gasteiger partial charge >= 0.3 is 6.18 Å². The Morgan fingerprint density at radius 1 is 1.25 bits per heavy atom. The van der Waals surface area contributed by atoms with Gasteiger partial charge in [0.25, 0.3) is 5.91 Å². The van der Waals surface area contributed by atoms with Crippen LogP contribution in [0.15, 0.2) is 41.2 Å². The van der Waals surface area contributed by atoms with E-state index in [0.717, 1.165) is 15.8 Å². The molecule has 2 heterocycles. The SMILES string of the molecule is Cc1noc(C)c1COc1ccc(C(=O)NCCC(O)(c2nccn2C)C(F)(F)F)cc1. The van der Waals surface area contributed by atoms with Crippen molar-refractivity contribution < 1.29 is 32.3 Å². The molecule has 8 nitrogen and oxygen atoms in total. The summed E-state index contributed by atoms with van der Waals surface area (Å²) in [5.41, 5.74) is -1.39. The molecule has 1 unspecified atom stereocenters. The summed E-state index contributed by atoms with van der Waals surface area (Å²) in [5, 5.41) is 16.5. The second kappa shape index (κ2) is 9.03. The topological polar surface area (TPSA) is 102 Å². The Kier molecular flexibility index (Phi) is 6.58. The summed E-state index contributed by atoms with van der Waals surface area (Å²) in [7, 11) is 1.35. The quantitative estimate of drug-likeness (QED) is 0.544. The van der Waals surface area contributed by atoms with Gasteiger partial charge in [0.1, 0.15) is 23.9 Å². The highest BCUT2D eigenvalue weighted by Crippen LogP contribution is 2.40. The Bertz CT molecular complexity index is 1060. The predicted octanol–water partition coefficient (Wildman–Crippen LogP) is 3.17. The van der Waals surface area contributed by atoms with E-state index in [0.29, 0.717) is 11.5 Å². The number of aryl methyl sites for hydroxylation is 3. The fourth-order valence-electron chi connectivity index (χ4n) is 3.17. The third-order valence-corrected chi connectivity index (χ3v) is 5.11. The van der Waals surface area contributed by atoms with Gasteiger partial charge in [-0.3, -0.25) is 4.79 Å². The van der Waals surface area contributed by atoms with Gasteiger partial charge in [-0.2, -0.15) is 13.2 Å². The third-order valence-electron chi connectivity index (χ3n) is 5.11. The van der Waals surface area contributed by atoms with Crippen LogP contribution in [0.4, 0.5) is 13.2 Å². The fourth-order valence-corrected chi connectivity index (χ4v) is 3.17. The van der Waals surface area contributed by atoms with Gasteiger partial charge in [-0.1, -0.05) is 5.16 Å². The van der Waals surface area contributed by atoms with Crippen LogP contribution < -0.4 is 10.1 Å². The minimum absolute atomic E-state index is 0.238. The fraction of sp³-hybridized carbons (Fsp3) is 0.381. The Morgan fingerprint density at radius 3 is 2.47 bits per heavy atom. The molecule has 2 N–H and O–H groups in total. The lowest BCUT2D eigenvalue weighted by atomic mass is 9.97. The number of nitrogens with one attached hydrogen (secondary N) is 1. The number of hydrogen-bond donors (Lipinski definition) is 2. The van der Waals surface area contributed by atoms with E-state index < -0.39 is 36.5 Å². The Labute approximate surface area is 182 Å². The van der Waals surface area contributed by atoms with E-state index in [4.69, 9.17) is 9.26 Å². The van der Waals surface area contributed by atoms with Crippen LogP contribution in [0.5, 0.6) is 5.75 Å². The average molecular weight is 452 g/mol. The van der Waals surface area contributed by atoms with Gasteiger partial charge in [-0.15, -0.1) is 0 Å². The Morgan fingerprint density at radius 2 is 1.94 bits per heavy atom. The maximum atomic E-state index is 13.5. The van der Waals surface area contributed by atoms with Crippen LogP contribution in [0.2, 0.25) is 0 Å². The van der Waals surface area contributed by atoms with Gasteiger partial charge in [0, 0.05) is 38.0 Å². The third kappa shape index (κ3) is 4.77. The predicted molar refractivity (Wildman–Crippen MR) is 107 cm³/mol. The van der Waals surface area contributed by atoms with Gasteiger partial charge in [0.15, 0.2) is 0 Å². The summed E-state index contributed by atoms with van der Waals surface area (Å²) < 4.78 is 52.4. The summed E-state index contributed by atoms with van der Waals surface area (Å²) in [5.74, 6) is 0.0383. The zero-order valence-corrected chi connectivity index (χ0v) is 17.7. The number of rotatable bonds is 8. The molecule has 0 spiro atoms. The van der Waals surface area contributed by atoms with Crippen molar-refractivity contribution >= 4 is 5.91 Å². The number of carbonyl (C=O) groups is 1. The normalized spacial score (nSPS) is 13.6. The maximum Gasteiger partial charge on any atom is 0.424 e. The van der Waals surface area contributed by atoms with E-state index in [2.05, 4.69) is 15.5 Å². The molecule has 0 saturated heterocycles. The van der Waals surface area contributed by atoms with Crippen LogP contribution in [-0.4, -0.2) is 38.4 Å². The number of aliphatic hydroxyl groups is 1. The van der Waals surface area contributed by atoms with Gasteiger partial charge in [-0.25, -0.2) is 4.98 Å². The van der Waals surface area contributed by atoms with Crippen LogP contribution in [0.25, 0.3) is 0 Å². The van der Waals surface area contributed by atoms with Crippen molar-refractivity contribution in [3.05, 3.63) is 65.1 Å². The summed E-state index contributed by atoms with van der Waals surface area (Å²) in [4.78, 5) is 15.9. The van der Waals surface area contributed by atoms with E-state index in [1.54, 1.807) is 26.0 Å². The molecule has 0 fully saturated rings. The number of imidazole rings is 1. The summed E-state index contributed by atoms with van der Waals surface area (Å²) in [6, 6.07) is 6.14. The van der Waals surface area contributed by atoms with E-state index in [1.807, 2.05) is 0 Å². The molecule has 0 saturated carbocycles. The molecule has 1 atom stereocenters. The number of amides is 1. The number of alkyl halides is 3. The number of halogens is 3. The van der Waals surface area contributed by atoms with Gasteiger partial charge in [0.2, 0.25) is 5.60 Å². The van der Waals surface area contributed by atoms with E-state index in [1.165, 1.54) is 31.6 Å². The Hall–Kier alpha value is -3.34. The molecule has 1 amide bonds. The molecule has 3 aromatic rings. The molecule has 0 aliphatic heterocycles. The van der Waals surface area contributed by atoms with Crippen LogP contribution in [0, 0.1) is 13.8 Å². The van der Waals surface area contributed by atoms with Gasteiger partial charge in [-0.05, 0) is 38.1 Å². The maximum absolute atomic E-state index is 13.5. The lowest BCUT2D eigenvalue weighted by Gasteiger charge is -2.30. The largest absolute Gasteiger partial charge is 0.489 e. The molecular weight excluding hydrogens is 429 g/mol. The van der Waals surface area contributed by atoms with Crippen LogP contribution in [0.3, 0.4) is 0 Å². The second-order valence-electron chi connectivity index (χ2n) is 7.34.